The molecular weight excluding hydrogens is 258 g/mol. The van der Waals surface area contributed by atoms with Gasteiger partial charge in [-0.2, -0.15) is 5.26 Å². The van der Waals surface area contributed by atoms with E-state index in [2.05, 4.69) is 5.32 Å². The first-order chi connectivity index (χ1) is 9.69. The summed E-state index contributed by atoms with van der Waals surface area (Å²) < 4.78 is 27.5. The number of hydrogen-bond donors (Lipinski definition) is 1. The molecule has 2 aliphatic carbocycles. The fourth-order valence-electron chi connectivity index (χ4n) is 2.97. The van der Waals surface area contributed by atoms with E-state index in [1.54, 1.807) is 6.07 Å². The summed E-state index contributed by atoms with van der Waals surface area (Å²) in [6, 6.07) is 3.95. The van der Waals surface area contributed by atoms with Crippen LogP contribution in [0.15, 0.2) is 12.1 Å². The van der Waals surface area contributed by atoms with Gasteiger partial charge in [0.15, 0.2) is 0 Å². The molecule has 4 heteroatoms. The van der Waals surface area contributed by atoms with Crippen molar-refractivity contribution in [1.29, 1.82) is 5.26 Å². The Morgan fingerprint density at radius 3 is 2.15 bits per heavy atom. The van der Waals surface area contributed by atoms with Gasteiger partial charge in [-0.25, -0.2) is 8.78 Å². The van der Waals surface area contributed by atoms with Gasteiger partial charge in [-0.1, -0.05) is 0 Å². The van der Waals surface area contributed by atoms with Crippen LogP contribution in [0.1, 0.15) is 36.8 Å². The minimum absolute atomic E-state index is 0.0255. The van der Waals surface area contributed by atoms with E-state index < -0.39 is 11.6 Å². The highest BCUT2D eigenvalue weighted by molar-refractivity contribution is 5.34. The number of hydrogen-bond acceptors (Lipinski definition) is 2. The molecule has 2 fully saturated rings. The molecule has 0 atom stereocenters. The van der Waals surface area contributed by atoms with Gasteiger partial charge in [0, 0.05) is 12.1 Å². The standard InChI is InChI=1S/C16H18F2N2/c17-15-5-10(7-19)6-16(18)14(15)9-20-8-13(11-1-2-11)12-3-4-12/h5-6,11-13,20H,1-4,8-9H2. The van der Waals surface area contributed by atoms with Crippen LogP contribution in [0.2, 0.25) is 0 Å². The second kappa shape index (κ2) is 5.49. The zero-order chi connectivity index (χ0) is 14.1. The summed E-state index contributed by atoms with van der Waals surface area (Å²) in [7, 11) is 0. The number of rotatable bonds is 6. The Kier molecular flexibility index (Phi) is 3.71. The second-order valence-corrected chi connectivity index (χ2v) is 6.00. The molecule has 0 aliphatic heterocycles. The lowest BCUT2D eigenvalue weighted by atomic mass is 9.98. The normalized spacial score (nSPS) is 18.3. The minimum Gasteiger partial charge on any atom is -0.312 e. The van der Waals surface area contributed by atoms with E-state index in [0.717, 1.165) is 30.5 Å². The van der Waals surface area contributed by atoms with Gasteiger partial charge in [0.2, 0.25) is 0 Å². The Morgan fingerprint density at radius 1 is 1.15 bits per heavy atom. The van der Waals surface area contributed by atoms with Crippen LogP contribution in [0.4, 0.5) is 8.78 Å². The summed E-state index contributed by atoms with van der Waals surface area (Å²) in [4.78, 5) is 0. The number of halogens is 2. The van der Waals surface area contributed by atoms with E-state index in [9.17, 15) is 8.78 Å². The maximum atomic E-state index is 13.7. The Morgan fingerprint density at radius 2 is 1.70 bits per heavy atom. The third kappa shape index (κ3) is 2.99. The highest BCUT2D eigenvalue weighted by atomic mass is 19.1. The van der Waals surface area contributed by atoms with Crippen LogP contribution in [-0.2, 0) is 6.54 Å². The molecule has 1 aromatic rings. The smallest absolute Gasteiger partial charge is 0.131 e. The zero-order valence-corrected chi connectivity index (χ0v) is 11.3. The molecule has 0 saturated heterocycles. The monoisotopic (exact) mass is 276 g/mol. The second-order valence-electron chi connectivity index (χ2n) is 6.00. The first-order valence-corrected chi connectivity index (χ1v) is 7.27. The van der Waals surface area contributed by atoms with Gasteiger partial charge in [0.05, 0.1) is 11.6 Å². The third-order valence-electron chi connectivity index (χ3n) is 4.41. The van der Waals surface area contributed by atoms with E-state index >= 15 is 0 Å². The quantitative estimate of drug-likeness (QED) is 0.864. The maximum Gasteiger partial charge on any atom is 0.131 e. The van der Waals surface area contributed by atoms with Crippen molar-refractivity contribution < 1.29 is 8.78 Å². The van der Waals surface area contributed by atoms with Crippen molar-refractivity contribution in [2.75, 3.05) is 6.54 Å². The lowest BCUT2D eigenvalue weighted by Crippen LogP contribution is -2.26. The molecule has 0 bridgehead atoms. The van der Waals surface area contributed by atoms with Gasteiger partial charge < -0.3 is 5.32 Å². The molecular formula is C16H18F2N2. The minimum atomic E-state index is -0.636. The number of nitriles is 1. The summed E-state index contributed by atoms with van der Waals surface area (Å²) in [5.41, 5.74) is 0.0620. The lowest BCUT2D eigenvalue weighted by Gasteiger charge is -2.16. The van der Waals surface area contributed by atoms with E-state index in [0.29, 0.717) is 5.92 Å². The molecule has 3 rings (SSSR count). The molecule has 0 radical (unpaired) electrons. The highest BCUT2D eigenvalue weighted by Crippen LogP contribution is 2.48. The van der Waals surface area contributed by atoms with Crippen LogP contribution in [0, 0.1) is 40.7 Å². The Labute approximate surface area is 117 Å². The average molecular weight is 276 g/mol. The van der Waals surface area contributed by atoms with Gasteiger partial charge >= 0.3 is 0 Å². The molecule has 0 aromatic heterocycles. The highest BCUT2D eigenvalue weighted by Gasteiger charge is 2.40. The van der Waals surface area contributed by atoms with E-state index in [1.165, 1.54) is 25.7 Å². The molecule has 0 heterocycles. The first kappa shape index (κ1) is 13.5. The number of nitrogens with zero attached hydrogens (tertiary/aromatic N) is 1. The fraction of sp³-hybridized carbons (Fsp3) is 0.562. The van der Waals surface area contributed by atoms with Crippen molar-refractivity contribution >= 4 is 0 Å². The van der Waals surface area contributed by atoms with Gasteiger partial charge in [-0.3, -0.25) is 0 Å². The summed E-state index contributed by atoms with van der Waals surface area (Å²) in [6.45, 7) is 1.04. The average Bonchev–Trinajstić information content (AvgIpc) is 3.28. The predicted octanol–water partition coefficient (Wildman–Crippen LogP) is 3.36. The van der Waals surface area contributed by atoms with Crippen LogP contribution in [0.3, 0.4) is 0 Å². The molecule has 20 heavy (non-hydrogen) atoms. The summed E-state index contributed by atoms with van der Waals surface area (Å²) in [5, 5.41) is 11.9. The summed E-state index contributed by atoms with van der Waals surface area (Å²) in [5.74, 6) is 1.06. The number of benzene rings is 1. The van der Waals surface area contributed by atoms with Gasteiger partial charge in [-0.05, 0) is 62.1 Å². The molecule has 2 aliphatic rings. The van der Waals surface area contributed by atoms with Crippen molar-refractivity contribution in [1.82, 2.24) is 5.32 Å². The molecule has 1 N–H and O–H groups in total. The SMILES string of the molecule is N#Cc1cc(F)c(CNCC(C2CC2)C2CC2)c(F)c1. The Balaban J connectivity index is 1.59. The van der Waals surface area contributed by atoms with Gasteiger partial charge in [-0.15, -0.1) is 0 Å². The van der Waals surface area contributed by atoms with E-state index in [-0.39, 0.29) is 17.7 Å². The number of nitrogens with one attached hydrogen (secondary N) is 1. The van der Waals surface area contributed by atoms with Crippen LogP contribution in [0.25, 0.3) is 0 Å². The molecule has 2 nitrogen and oxygen atoms in total. The molecule has 0 amide bonds. The molecule has 0 unspecified atom stereocenters. The van der Waals surface area contributed by atoms with Gasteiger partial charge in [0.1, 0.15) is 11.6 Å². The Bertz CT molecular complexity index is 507. The van der Waals surface area contributed by atoms with Crippen LogP contribution in [0.5, 0.6) is 0 Å². The van der Waals surface area contributed by atoms with Crippen molar-refractivity contribution in [3.8, 4) is 6.07 Å². The molecule has 106 valence electrons. The Hall–Kier alpha value is -1.47. The maximum absolute atomic E-state index is 13.7. The third-order valence-corrected chi connectivity index (χ3v) is 4.41. The van der Waals surface area contributed by atoms with Crippen molar-refractivity contribution in [3.63, 3.8) is 0 Å². The summed E-state index contributed by atoms with van der Waals surface area (Å²) in [6.07, 6.45) is 5.23. The van der Waals surface area contributed by atoms with Crippen molar-refractivity contribution in [2.45, 2.75) is 32.2 Å². The van der Waals surface area contributed by atoms with Crippen molar-refractivity contribution in [2.24, 2.45) is 17.8 Å². The topological polar surface area (TPSA) is 35.8 Å². The molecule has 2 saturated carbocycles. The van der Waals surface area contributed by atoms with Crippen LogP contribution < -0.4 is 5.32 Å². The predicted molar refractivity (Wildman–Crippen MR) is 71.7 cm³/mol. The summed E-state index contributed by atoms with van der Waals surface area (Å²) >= 11 is 0. The van der Waals surface area contributed by atoms with Crippen LogP contribution >= 0.6 is 0 Å². The largest absolute Gasteiger partial charge is 0.312 e. The fourth-order valence-corrected chi connectivity index (χ4v) is 2.97. The molecule has 0 spiro atoms. The lowest BCUT2D eigenvalue weighted by molar-refractivity contribution is 0.375. The zero-order valence-electron chi connectivity index (χ0n) is 11.3. The van der Waals surface area contributed by atoms with Crippen LogP contribution in [-0.4, -0.2) is 6.54 Å². The van der Waals surface area contributed by atoms with E-state index in [1.807, 2.05) is 0 Å². The van der Waals surface area contributed by atoms with E-state index in [4.69, 9.17) is 5.26 Å². The molecule has 1 aromatic carbocycles. The van der Waals surface area contributed by atoms with Crippen molar-refractivity contribution in [3.05, 3.63) is 34.9 Å². The first-order valence-electron chi connectivity index (χ1n) is 7.27. The van der Waals surface area contributed by atoms with Gasteiger partial charge in [0.25, 0.3) is 0 Å².